The summed E-state index contributed by atoms with van der Waals surface area (Å²) in [6.45, 7) is 2.21. The summed E-state index contributed by atoms with van der Waals surface area (Å²) in [5, 5.41) is 4.28. The number of primary amides is 1. The average molecular weight is 392 g/mol. The fourth-order valence-electron chi connectivity index (χ4n) is 4.11. The molecule has 3 aromatic heterocycles. The Hall–Kier alpha value is -3.56. The van der Waals surface area contributed by atoms with Crippen molar-refractivity contribution in [1.29, 1.82) is 0 Å². The van der Waals surface area contributed by atoms with E-state index in [0.717, 1.165) is 31.7 Å². The van der Waals surface area contributed by atoms with Crippen LogP contribution in [0.1, 0.15) is 29.8 Å². The van der Waals surface area contributed by atoms with Gasteiger partial charge in [0.05, 0.1) is 11.9 Å². The van der Waals surface area contributed by atoms with Crippen LogP contribution in [0.4, 0.5) is 5.82 Å². The van der Waals surface area contributed by atoms with Gasteiger partial charge in [0, 0.05) is 38.2 Å². The van der Waals surface area contributed by atoms with Crippen molar-refractivity contribution < 1.29 is 9.59 Å². The Bertz CT molecular complexity index is 1110. The number of anilines is 1. The van der Waals surface area contributed by atoms with E-state index in [1.165, 1.54) is 6.33 Å². The number of hydrogen-bond acceptors (Lipinski definition) is 7. The summed E-state index contributed by atoms with van der Waals surface area (Å²) in [5.41, 5.74) is 7.41. The highest BCUT2D eigenvalue weighted by atomic mass is 16.2. The molecule has 0 saturated carbocycles. The molecule has 0 spiro atoms. The van der Waals surface area contributed by atoms with Crippen LogP contribution in [0.2, 0.25) is 0 Å². The van der Waals surface area contributed by atoms with E-state index in [0.29, 0.717) is 30.0 Å². The van der Waals surface area contributed by atoms with E-state index in [9.17, 15) is 9.59 Å². The minimum absolute atomic E-state index is 0.157. The van der Waals surface area contributed by atoms with Crippen LogP contribution < -0.4 is 10.6 Å². The van der Waals surface area contributed by atoms with Crippen LogP contribution in [-0.4, -0.2) is 67.0 Å². The molecule has 10 nitrogen and oxygen atoms in total. The molecule has 0 aromatic carbocycles. The SMILES string of the molecule is NC(=O)c1ccc2ncc(-c3cc(N4CCN5C(=O)CCCC5C4)ncn3)n2n1. The molecule has 29 heavy (non-hydrogen) atoms. The van der Waals surface area contributed by atoms with Gasteiger partial charge < -0.3 is 15.5 Å². The van der Waals surface area contributed by atoms with Crippen LogP contribution in [0.5, 0.6) is 0 Å². The first-order chi connectivity index (χ1) is 14.1. The van der Waals surface area contributed by atoms with Crippen LogP contribution in [-0.2, 0) is 4.79 Å². The van der Waals surface area contributed by atoms with Crippen LogP contribution in [0, 0.1) is 0 Å². The number of carbonyl (C=O) groups excluding carboxylic acids is 2. The number of aromatic nitrogens is 5. The molecule has 0 bridgehead atoms. The molecule has 0 radical (unpaired) electrons. The van der Waals surface area contributed by atoms with Crippen molar-refractivity contribution in [2.45, 2.75) is 25.3 Å². The molecule has 1 atom stereocenters. The van der Waals surface area contributed by atoms with Gasteiger partial charge in [-0.15, -0.1) is 0 Å². The zero-order valence-electron chi connectivity index (χ0n) is 15.7. The van der Waals surface area contributed by atoms with Gasteiger partial charge in [-0.1, -0.05) is 0 Å². The molecule has 2 N–H and O–H groups in total. The Balaban J connectivity index is 1.46. The Morgan fingerprint density at radius 3 is 2.93 bits per heavy atom. The van der Waals surface area contributed by atoms with Gasteiger partial charge in [-0.3, -0.25) is 9.59 Å². The van der Waals surface area contributed by atoms with Gasteiger partial charge in [-0.05, 0) is 25.0 Å². The molecule has 2 fully saturated rings. The second-order valence-corrected chi connectivity index (χ2v) is 7.34. The van der Waals surface area contributed by atoms with Crippen molar-refractivity contribution in [2.24, 2.45) is 5.73 Å². The number of fused-ring (bicyclic) bond motifs is 2. The number of rotatable bonds is 3. The molecule has 5 heterocycles. The number of piperazine rings is 1. The predicted molar refractivity (Wildman–Crippen MR) is 104 cm³/mol. The van der Waals surface area contributed by atoms with Gasteiger partial charge in [0.2, 0.25) is 5.91 Å². The zero-order chi connectivity index (χ0) is 20.0. The van der Waals surface area contributed by atoms with Crippen molar-refractivity contribution in [2.75, 3.05) is 24.5 Å². The highest BCUT2D eigenvalue weighted by Gasteiger charge is 2.33. The van der Waals surface area contributed by atoms with Crippen molar-refractivity contribution in [3.63, 3.8) is 0 Å². The molecular formula is C19H20N8O2. The Morgan fingerprint density at radius 1 is 1.17 bits per heavy atom. The molecule has 2 amide bonds. The Kier molecular flexibility index (Phi) is 4.11. The summed E-state index contributed by atoms with van der Waals surface area (Å²) in [6, 6.07) is 5.37. The van der Waals surface area contributed by atoms with E-state index < -0.39 is 5.91 Å². The zero-order valence-corrected chi connectivity index (χ0v) is 15.7. The molecular weight excluding hydrogens is 372 g/mol. The fourth-order valence-corrected chi connectivity index (χ4v) is 4.11. The molecule has 2 saturated heterocycles. The maximum atomic E-state index is 12.1. The number of imidazole rings is 1. The monoisotopic (exact) mass is 392 g/mol. The number of nitrogens with zero attached hydrogens (tertiary/aromatic N) is 7. The van der Waals surface area contributed by atoms with Crippen LogP contribution >= 0.6 is 0 Å². The van der Waals surface area contributed by atoms with Crippen molar-refractivity contribution in [3.8, 4) is 11.4 Å². The molecule has 5 rings (SSSR count). The lowest BCUT2D eigenvalue weighted by atomic mass is 9.99. The first-order valence-corrected chi connectivity index (χ1v) is 9.61. The number of piperidine rings is 1. The lowest BCUT2D eigenvalue weighted by Gasteiger charge is -2.44. The molecule has 1 unspecified atom stereocenters. The van der Waals surface area contributed by atoms with Gasteiger partial charge >= 0.3 is 0 Å². The third-order valence-corrected chi connectivity index (χ3v) is 5.58. The van der Waals surface area contributed by atoms with Crippen LogP contribution in [0.3, 0.4) is 0 Å². The summed E-state index contributed by atoms with van der Waals surface area (Å²) in [6.07, 6.45) is 5.80. The minimum Gasteiger partial charge on any atom is -0.364 e. The number of nitrogens with two attached hydrogens (primary N) is 1. The largest absolute Gasteiger partial charge is 0.364 e. The summed E-state index contributed by atoms with van der Waals surface area (Å²) in [5.74, 6) is 0.454. The standard InChI is InChI=1S/C19H20N8O2/c20-19(29)13-4-5-16-21-9-15(27(16)24-13)14-8-17(23-11-22-14)25-6-7-26-12(10-25)2-1-3-18(26)28/h4-5,8-9,11-12H,1-3,6-7,10H2,(H2,20,29). The van der Waals surface area contributed by atoms with Crippen molar-refractivity contribution in [1.82, 2.24) is 29.5 Å². The van der Waals surface area contributed by atoms with E-state index in [4.69, 9.17) is 5.73 Å². The lowest BCUT2D eigenvalue weighted by molar-refractivity contribution is -0.136. The topological polar surface area (TPSA) is 123 Å². The summed E-state index contributed by atoms with van der Waals surface area (Å²) in [4.78, 5) is 40.9. The summed E-state index contributed by atoms with van der Waals surface area (Å²) < 4.78 is 1.56. The molecule has 2 aliphatic rings. The fraction of sp³-hybridized carbons (Fsp3) is 0.368. The number of carbonyl (C=O) groups is 2. The van der Waals surface area contributed by atoms with Gasteiger partial charge in [0.15, 0.2) is 5.65 Å². The van der Waals surface area contributed by atoms with Crippen molar-refractivity contribution in [3.05, 3.63) is 36.4 Å². The number of hydrogen-bond donors (Lipinski definition) is 1. The van der Waals surface area contributed by atoms with E-state index >= 15 is 0 Å². The summed E-state index contributed by atoms with van der Waals surface area (Å²) >= 11 is 0. The smallest absolute Gasteiger partial charge is 0.269 e. The quantitative estimate of drug-likeness (QED) is 0.688. The minimum atomic E-state index is -0.602. The third-order valence-electron chi connectivity index (χ3n) is 5.58. The Morgan fingerprint density at radius 2 is 2.07 bits per heavy atom. The first kappa shape index (κ1) is 17.5. The summed E-state index contributed by atoms with van der Waals surface area (Å²) in [7, 11) is 0. The normalized spacial score (nSPS) is 19.4. The van der Waals surface area contributed by atoms with E-state index in [2.05, 4.69) is 25.0 Å². The second-order valence-electron chi connectivity index (χ2n) is 7.34. The first-order valence-electron chi connectivity index (χ1n) is 9.61. The van der Waals surface area contributed by atoms with E-state index in [1.807, 2.05) is 11.0 Å². The second kappa shape index (κ2) is 6.80. The number of amides is 2. The Labute approximate surface area is 166 Å². The van der Waals surface area contributed by atoms with Gasteiger partial charge in [0.25, 0.3) is 5.91 Å². The predicted octanol–water partition coefficient (Wildman–Crippen LogP) is 0.486. The highest BCUT2D eigenvalue weighted by Crippen LogP contribution is 2.27. The molecule has 2 aliphatic heterocycles. The molecule has 148 valence electrons. The van der Waals surface area contributed by atoms with Gasteiger partial charge in [-0.25, -0.2) is 19.5 Å². The van der Waals surface area contributed by atoms with Crippen LogP contribution in [0.15, 0.2) is 30.7 Å². The molecule has 3 aromatic rings. The third kappa shape index (κ3) is 3.06. The van der Waals surface area contributed by atoms with Gasteiger partial charge in [-0.2, -0.15) is 5.10 Å². The van der Waals surface area contributed by atoms with Gasteiger partial charge in [0.1, 0.15) is 23.5 Å². The van der Waals surface area contributed by atoms with Crippen molar-refractivity contribution >= 4 is 23.3 Å². The molecule has 10 heteroatoms. The maximum Gasteiger partial charge on any atom is 0.269 e. The lowest BCUT2D eigenvalue weighted by Crippen LogP contribution is -2.57. The van der Waals surface area contributed by atoms with E-state index in [1.54, 1.807) is 22.8 Å². The van der Waals surface area contributed by atoms with Crippen LogP contribution in [0.25, 0.3) is 17.0 Å². The maximum absolute atomic E-state index is 12.1. The molecule has 0 aliphatic carbocycles. The highest BCUT2D eigenvalue weighted by molar-refractivity contribution is 5.90. The average Bonchev–Trinajstić information content (AvgIpc) is 3.17. The van der Waals surface area contributed by atoms with E-state index in [-0.39, 0.29) is 17.6 Å².